The summed E-state index contributed by atoms with van der Waals surface area (Å²) in [5.74, 6) is 0.664. The van der Waals surface area contributed by atoms with Gasteiger partial charge >= 0.3 is 0 Å². The van der Waals surface area contributed by atoms with Crippen LogP contribution < -0.4 is 0 Å². The van der Waals surface area contributed by atoms with Crippen LogP contribution in [0.5, 0.6) is 0 Å². The van der Waals surface area contributed by atoms with Crippen LogP contribution in [0, 0.1) is 0 Å². The predicted octanol–water partition coefficient (Wildman–Crippen LogP) is 3.61. The average Bonchev–Trinajstić information content (AvgIpc) is 2.05. The molecule has 11 heavy (non-hydrogen) atoms. The van der Waals surface area contributed by atoms with Crippen LogP contribution in [0.15, 0.2) is 30.3 Å². The second-order valence-electron chi connectivity index (χ2n) is 2.88. The lowest BCUT2D eigenvalue weighted by Gasteiger charge is -2.13. The molecular formula is C10H13I. The zero-order valence-electron chi connectivity index (χ0n) is 6.92. The Balaban J connectivity index is 2.77. The summed E-state index contributed by atoms with van der Waals surface area (Å²) in [4.78, 5) is 0. The molecule has 1 aromatic rings. The lowest BCUT2D eigenvalue weighted by atomic mass is 9.99. The molecule has 0 unspecified atom stereocenters. The highest BCUT2D eigenvalue weighted by atomic mass is 127. The van der Waals surface area contributed by atoms with Crippen LogP contribution in [0.2, 0.25) is 0 Å². The topological polar surface area (TPSA) is 0 Å². The van der Waals surface area contributed by atoms with Crippen LogP contribution in [-0.4, -0.2) is 3.92 Å². The zero-order valence-corrected chi connectivity index (χ0v) is 9.08. The lowest BCUT2D eigenvalue weighted by molar-refractivity contribution is 0.773. The minimum atomic E-state index is 0.664. The SMILES string of the molecule is C[C@H](c1ccccc1)[C@@H](C)I. The van der Waals surface area contributed by atoms with Crippen LogP contribution in [-0.2, 0) is 0 Å². The van der Waals surface area contributed by atoms with Crippen molar-refractivity contribution in [3.05, 3.63) is 35.9 Å². The van der Waals surface area contributed by atoms with Gasteiger partial charge in [-0.3, -0.25) is 0 Å². The largest absolute Gasteiger partial charge is 0.0823 e. The quantitative estimate of drug-likeness (QED) is 0.562. The minimum absolute atomic E-state index is 0.664. The standard InChI is InChI=1S/C10H13I/c1-8(9(2)11)10-6-4-3-5-7-10/h3-9H,1-2H3/t8-,9+/m0/s1. The first-order valence-electron chi connectivity index (χ1n) is 3.91. The van der Waals surface area contributed by atoms with E-state index < -0.39 is 0 Å². The zero-order chi connectivity index (χ0) is 8.27. The summed E-state index contributed by atoms with van der Waals surface area (Å²) < 4.78 is 0.704. The number of alkyl halides is 1. The maximum atomic E-state index is 2.47. The van der Waals surface area contributed by atoms with Crippen molar-refractivity contribution in [2.45, 2.75) is 23.7 Å². The molecule has 0 aliphatic carbocycles. The van der Waals surface area contributed by atoms with Gasteiger partial charge in [0.1, 0.15) is 0 Å². The van der Waals surface area contributed by atoms with Gasteiger partial charge in [-0.1, -0.05) is 66.8 Å². The number of halogens is 1. The summed E-state index contributed by atoms with van der Waals surface area (Å²) >= 11 is 2.47. The molecule has 0 fully saturated rings. The van der Waals surface area contributed by atoms with E-state index in [2.05, 4.69) is 66.8 Å². The summed E-state index contributed by atoms with van der Waals surface area (Å²) in [5, 5.41) is 0. The van der Waals surface area contributed by atoms with Crippen molar-refractivity contribution < 1.29 is 0 Å². The van der Waals surface area contributed by atoms with E-state index in [4.69, 9.17) is 0 Å². The van der Waals surface area contributed by atoms with Gasteiger partial charge in [-0.25, -0.2) is 0 Å². The predicted molar refractivity (Wildman–Crippen MR) is 58.3 cm³/mol. The fourth-order valence-corrected chi connectivity index (χ4v) is 1.44. The lowest BCUT2D eigenvalue weighted by Crippen LogP contribution is -2.03. The van der Waals surface area contributed by atoms with Gasteiger partial charge in [0.25, 0.3) is 0 Å². The molecule has 0 amide bonds. The summed E-state index contributed by atoms with van der Waals surface area (Å²) in [7, 11) is 0. The summed E-state index contributed by atoms with van der Waals surface area (Å²) in [6.45, 7) is 4.52. The van der Waals surface area contributed by atoms with Gasteiger partial charge in [-0.2, -0.15) is 0 Å². The molecule has 0 heterocycles. The molecule has 0 radical (unpaired) electrons. The molecule has 0 N–H and O–H groups in total. The van der Waals surface area contributed by atoms with Crippen molar-refractivity contribution in [3.63, 3.8) is 0 Å². The number of rotatable bonds is 2. The van der Waals surface area contributed by atoms with E-state index in [0.29, 0.717) is 9.84 Å². The first kappa shape index (κ1) is 9.04. The molecule has 60 valence electrons. The Labute approximate surface area is 82.2 Å². The van der Waals surface area contributed by atoms with Gasteiger partial charge in [0.05, 0.1) is 0 Å². The maximum absolute atomic E-state index is 2.47. The first-order valence-corrected chi connectivity index (χ1v) is 5.15. The summed E-state index contributed by atoms with van der Waals surface area (Å²) in [6, 6.07) is 10.7. The minimum Gasteiger partial charge on any atom is -0.0823 e. The molecule has 0 nitrogen and oxygen atoms in total. The average molecular weight is 260 g/mol. The normalized spacial score (nSPS) is 15.9. The number of hydrogen-bond donors (Lipinski definition) is 0. The van der Waals surface area contributed by atoms with Gasteiger partial charge in [-0.15, -0.1) is 0 Å². The van der Waals surface area contributed by atoms with Gasteiger partial charge < -0.3 is 0 Å². The molecule has 0 bridgehead atoms. The van der Waals surface area contributed by atoms with Crippen molar-refractivity contribution in [2.75, 3.05) is 0 Å². The molecule has 0 aliphatic heterocycles. The van der Waals surface area contributed by atoms with Crippen molar-refractivity contribution in [1.29, 1.82) is 0 Å². The monoisotopic (exact) mass is 260 g/mol. The van der Waals surface area contributed by atoms with Gasteiger partial charge in [-0.05, 0) is 11.5 Å². The highest BCUT2D eigenvalue weighted by molar-refractivity contribution is 14.1. The summed E-state index contributed by atoms with van der Waals surface area (Å²) in [5.41, 5.74) is 1.44. The smallest absolute Gasteiger partial charge is 0.0147 e. The Morgan fingerprint density at radius 2 is 1.64 bits per heavy atom. The molecule has 0 aromatic heterocycles. The van der Waals surface area contributed by atoms with Crippen molar-refractivity contribution in [2.24, 2.45) is 0 Å². The van der Waals surface area contributed by atoms with E-state index >= 15 is 0 Å². The fraction of sp³-hybridized carbons (Fsp3) is 0.400. The van der Waals surface area contributed by atoms with E-state index in [0.717, 1.165) is 0 Å². The van der Waals surface area contributed by atoms with Crippen LogP contribution in [0.4, 0.5) is 0 Å². The fourth-order valence-electron chi connectivity index (χ4n) is 1.02. The Morgan fingerprint density at radius 1 is 1.09 bits per heavy atom. The molecule has 1 aromatic carbocycles. The molecule has 1 heteroatoms. The third-order valence-corrected chi connectivity index (χ3v) is 3.09. The highest BCUT2D eigenvalue weighted by Gasteiger charge is 2.09. The molecular weight excluding hydrogens is 247 g/mol. The van der Waals surface area contributed by atoms with Crippen LogP contribution >= 0.6 is 22.6 Å². The van der Waals surface area contributed by atoms with Crippen LogP contribution in [0.3, 0.4) is 0 Å². The van der Waals surface area contributed by atoms with E-state index in [1.54, 1.807) is 0 Å². The van der Waals surface area contributed by atoms with Gasteiger partial charge in [0, 0.05) is 3.92 Å². The third kappa shape index (κ3) is 2.47. The van der Waals surface area contributed by atoms with Gasteiger partial charge in [0.15, 0.2) is 0 Å². The molecule has 0 saturated heterocycles. The third-order valence-electron chi connectivity index (χ3n) is 2.01. The van der Waals surface area contributed by atoms with Crippen molar-refractivity contribution in [3.8, 4) is 0 Å². The Bertz CT molecular complexity index is 203. The van der Waals surface area contributed by atoms with Crippen molar-refractivity contribution in [1.82, 2.24) is 0 Å². The molecule has 2 atom stereocenters. The van der Waals surface area contributed by atoms with Crippen LogP contribution in [0.25, 0.3) is 0 Å². The molecule has 1 rings (SSSR count). The first-order chi connectivity index (χ1) is 5.22. The van der Waals surface area contributed by atoms with E-state index in [1.807, 2.05) is 0 Å². The Kier molecular flexibility index (Phi) is 3.37. The van der Waals surface area contributed by atoms with E-state index in [9.17, 15) is 0 Å². The molecule has 0 aliphatic rings. The van der Waals surface area contributed by atoms with E-state index in [1.165, 1.54) is 5.56 Å². The molecule has 0 saturated carbocycles. The number of benzene rings is 1. The molecule has 0 spiro atoms. The van der Waals surface area contributed by atoms with Gasteiger partial charge in [0.2, 0.25) is 0 Å². The number of hydrogen-bond acceptors (Lipinski definition) is 0. The van der Waals surface area contributed by atoms with Crippen molar-refractivity contribution >= 4 is 22.6 Å². The van der Waals surface area contributed by atoms with E-state index in [-0.39, 0.29) is 0 Å². The maximum Gasteiger partial charge on any atom is 0.0147 e. The Morgan fingerprint density at radius 3 is 2.09 bits per heavy atom. The summed E-state index contributed by atoms with van der Waals surface area (Å²) in [6.07, 6.45) is 0. The second kappa shape index (κ2) is 4.10. The second-order valence-corrected chi connectivity index (χ2v) is 4.84. The Hall–Kier alpha value is -0.0500. The van der Waals surface area contributed by atoms with Crippen LogP contribution in [0.1, 0.15) is 25.3 Å². The highest BCUT2D eigenvalue weighted by Crippen LogP contribution is 2.23.